The van der Waals surface area contributed by atoms with Gasteiger partial charge in [-0.25, -0.2) is 0 Å². The summed E-state index contributed by atoms with van der Waals surface area (Å²) >= 11 is 0. The van der Waals surface area contributed by atoms with Gasteiger partial charge < -0.3 is 52.1 Å². The normalized spacial score (nSPS) is 11.6. The molecular formula is C41H45N13O10S2. The Morgan fingerprint density at radius 2 is 0.864 bits per heavy atom. The summed E-state index contributed by atoms with van der Waals surface area (Å²) in [4.78, 5) is 39.9. The lowest BCUT2D eigenvalue weighted by Gasteiger charge is -2.22. The molecule has 1 amide bonds. The molecule has 0 aliphatic heterocycles. The van der Waals surface area contributed by atoms with Crippen LogP contribution in [-0.2, 0) is 25.0 Å². The average Bonchev–Trinajstić information content (AvgIpc) is 3.27. The maximum atomic E-state index is 12.8. The molecule has 0 unspecified atom stereocenters. The maximum Gasteiger partial charge on any atom is 0.295 e. The van der Waals surface area contributed by atoms with Crippen LogP contribution >= 0.6 is 0 Å². The summed E-state index contributed by atoms with van der Waals surface area (Å²) in [6.07, 6.45) is 2.36. The van der Waals surface area contributed by atoms with Crippen LogP contribution in [0.15, 0.2) is 107 Å². The van der Waals surface area contributed by atoms with E-state index >= 15 is 0 Å². The molecule has 0 spiro atoms. The van der Waals surface area contributed by atoms with Gasteiger partial charge in [-0.15, -0.1) is 0 Å². The molecule has 0 saturated carbocycles. The monoisotopic (exact) mass is 943 g/mol. The Morgan fingerprint density at radius 3 is 1.20 bits per heavy atom. The molecule has 23 nitrogen and oxygen atoms in total. The standard InChI is InChI=1S/C41H45N13O10S2/c42-35(58)17-18-53(19-22-55)40-49-36(43-29-7-3-1-4-8-29)47-38(51-40)45-31-15-13-27(33(25-31)65(59,60)61)11-12-28-14-16-32(26-34(28)66(62,63)64)46-39-48-37(44-30-9-5-2-6-10-30)50-41(52-39)54(20-23-56)21-24-57/h1-16,25-26,55-57H,17-24H2,(H2,42,58)(H,59,60,61)(H,62,63,64)(H2,43,45,47,49,51)(H2,44,46,48,50,52)/b12-11-. The van der Waals surface area contributed by atoms with Gasteiger partial charge in [0.15, 0.2) is 0 Å². The van der Waals surface area contributed by atoms with Gasteiger partial charge in [0, 0.05) is 55.3 Å². The maximum absolute atomic E-state index is 12.8. The lowest BCUT2D eigenvalue weighted by Crippen LogP contribution is -2.32. The Morgan fingerprint density at radius 1 is 0.515 bits per heavy atom. The third-order valence-electron chi connectivity index (χ3n) is 9.15. The van der Waals surface area contributed by atoms with Gasteiger partial charge in [0.05, 0.1) is 19.8 Å². The van der Waals surface area contributed by atoms with Crippen molar-refractivity contribution in [1.29, 1.82) is 0 Å². The lowest BCUT2D eigenvalue weighted by atomic mass is 10.1. The molecule has 0 radical (unpaired) electrons. The number of aliphatic hydroxyl groups is 3. The number of aliphatic hydroxyl groups excluding tert-OH is 3. The fourth-order valence-corrected chi connectivity index (χ4v) is 7.57. The highest BCUT2D eigenvalue weighted by atomic mass is 32.2. The van der Waals surface area contributed by atoms with Crippen LogP contribution in [0.4, 0.5) is 58.4 Å². The molecule has 2 aromatic heterocycles. The zero-order valence-electron chi connectivity index (χ0n) is 34.8. The Labute approximate surface area is 378 Å². The first-order valence-corrected chi connectivity index (χ1v) is 22.7. The molecule has 346 valence electrons. The number of rotatable bonds is 23. The smallest absolute Gasteiger partial charge is 0.295 e. The van der Waals surface area contributed by atoms with E-state index in [1.807, 2.05) is 12.1 Å². The number of nitrogens with zero attached hydrogens (tertiary/aromatic N) is 8. The van der Waals surface area contributed by atoms with E-state index in [-0.39, 0.29) is 111 Å². The second-order valence-corrected chi connectivity index (χ2v) is 16.7. The molecule has 11 N–H and O–H groups in total. The third-order valence-corrected chi connectivity index (χ3v) is 11.0. The van der Waals surface area contributed by atoms with Crippen molar-refractivity contribution in [1.82, 2.24) is 29.9 Å². The number of carbonyl (C=O) groups is 1. The molecule has 0 atom stereocenters. The van der Waals surface area contributed by atoms with Crippen molar-refractivity contribution in [3.05, 3.63) is 108 Å². The number of carbonyl (C=O) groups excluding carboxylic acids is 1. The SMILES string of the molecule is NC(=O)CCN(CCO)c1nc(Nc2ccccc2)nc(Nc2ccc(/C=C\c3ccc(Nc4nc(Nc5ccccc5)nc(N(CCO)CCO)n4)cc3S(=O)(=O)O)c(S(=O)(=O)O)c2)n1. The van der Waals surface area contributed by atoms with Crippen molar-refractivity contribution < 1.29 is 46.1 Å². The van der Waals surface area contributed by atoms with Crippen LogP contribution in [-0.4, -0.2) is 123 Å². The van der Waals surface area contributed by atoms with Gasteiger partial charge in [0.2, 0.25) is 41.6 Å². The molecule has 2 heterocycles. The van der Waals surface area contributed by atoms with Gasteiger partial charge in [-0.05, 0) is 59.7 Å². The van der Waals surface area contributed by atoms with Gasteiger partial charge in [-0.2, -0.15) is 46.7 Å². The Kier molecular flexibility index (Phi) is 16.0. The van der Waals surface area contributed by atoms with E-state index in [2.05, 4.69) is 51.2 Å². The van der Waals surface area contributed by atoms with E-state index < -0.39 is 35.9 Å². The zero-order valence-corrected chi connectivity index (χ0v) is 36.4. The highest BCUT2D eigenvalue weighted by Gasteiger charge is 2.21. The van der Waals surface area contributed by atoms with Crippen LogP contribution in [0, 0.1) is 0 Å². The van der Waals surface area contributed by atoms with Crippen LogP contribution in [0.2, 0.25) is 0 Å². The Hall–Kier alpha value is -7.39. The number of anilines is 10. The molecule has 0 fully saturated rings. The minimum atomic E-state index is -4.94. The molecule has 0 saturated heterocycles. The number of para-hydroxylation sites is 2. The van der Waals surface area contributed by atoms with E-state index in [1.165, 1.54) is 46.2 Å². The van der Waals surface area contributed by atoms with Crippen molar-refractivity contribution in [2.75, 3.05) is 77.1 Å². The van der Waals surface area contributed by atoms with Crippen molar-refractivity contribution in [2.24, 2.45) is 5.73 Å². The molecule has 0 aliphatic carbocycles. The lowest BCUT2D eigenvalue weighted by molar-refractivity contribution is -0.117. The van der Waals surface area contributed by atoms with Crippen molar-refractivity contribution in [3.63, 3.8) is 0 Å². The topological polar surface area (TPSA) is 344 Å². The molecule has 25 heteroatoms. The molecule has 0 aliphatic rings. The van der Waals surface area contributed by atoms with E-state index in [1.54, 1.807) is 48.5 Å². The van der Waals surface area contributed by atoms with Crippen LogP contribution < -0.4 is 36.8 Å². The summed E-state index contributed by atoms with van der Waals surface area (Å²) in [6, 6.07) is 25.5. The van der Waals surface area contributed by atoms with E-state index in [0.717, 1.165) is 12.1 Å². The highest BCUT2D eigenvalue weighted by Crippen LogP contribution is 2.29. The number of benzene rings is 4. The first-order chi connectivity index (χ1) is 31.6. The van der Waals surface area contributed by atoms with Crippen LogP contribution in [0.5, 0.6) is 0 Å². The summed E-state index contributed by atoms with van der Waals surface area (Å²) < 4.78 is 71.6. The molecular weight excluding hydrogens is 899 g/mol. The first-order valence-electron chi connectivity index (χ1n) is 19.8. The molecule has 6 aromatic rings. The molecule has 0 bridgehead atoms. The summed E-state index contributed by atoms with van der Waals surface area (Å²) in [5.74, 6) is -0.528. The number of amides is 1. The van der Waals surface area contributed by atoms with Gasteiger partial charge in [-0.1, -0.05) is 60.7 Å². The predicted molar refractivity (Wildman–Crippen MR) is 247 cm³/mol. The number of hydrogen-bond donors (Lipinski definition) is 10. The molecule has 4 aromatic carbocycles. The first kappa shape index (κ1) is 48.1. The highest BCUT2D eigenvalue weighted by molar-refractivity contribution is 7.86. The van der Waals surface area contributed by atoms with E-state index in [0.29, 0.717) is 11.4 Å². The zero-order chi connectivity index (χ0) is 47.3. The molecule has 6 rings (SSSR count). The number of primary amides is 1. The van der Waals surface area contributed by atoms with Crippen LogP contribution in [0.3, 0.4) is 0 Å². The van der Waals surface area contributed by atoms with Gasteiger partial charge >= 0.3 is 0 Å². The summed E-state index contributed by atoms with van der Waals surface area (Å²) in [6.45, 7) is -0.652. The fourth-order valence-electron chi connectivity index (χ4n) is 6.15. The number of nitrogens with one attached hydrogen (secondary N) is 4. The van der Waals surface area contributed by atoms with E-state index in [4.69, 9.17) is 5.73 Å². The molecule has 66 heavy (non-hydrogen) atoms. The van der Waals surface area contributed by atoms with Gasteiger partial charge in [-0.3, -0.25) is 13.9 Å². The number of nitrogens with two attached hydrogens (primary N) is 1. The number of aromatic nitrogens is 6. The average molecular weight is 944 g/mol. The Bertz CT molecular complexity index is 2880. The predicted octanol–water partition coefficient (Wildman–Crippen LogP) is 3.16. The quantitative estimate of drug-likeness (QED) is 0.0326. The fraction of sp³-hybridized carbons (Fsp3) is 0.195. The minimum absolute atomic E-state index is 0.0266. The van der Waals surface area contributed by atoms with Gasteiger partial charge in [0.25, 0.3) is 20.2 Å². The second kappa shape index (κ2) is 22.0. The summed E-state index contributed by atoms with van der Waals surface area (Å²) in [5, 5.41) is 40.9. The third kappa shape index (κ3) is 13.6. The summed E-state index contributed by atoms with van der Waals surface area (Å²) in [7, 11) is -9.86. The van der Waals surface area contributed by atoms with Crippen molar-refractivity contribution in [2.45, 2.75) is 16.2 Å². The van der Waals surface area contributed by atoms with Gasteiger partial charge in [0.1, 0.15) is 9.79 Å². The second-order valence-electron chi connectivity index (χ2n) is 13.9. The largest absolute Gasteiger partial charge is 0.395 e. The van der Waals surface area contributed by atoms with E-state index in [9.17, 15) is 46.1 Å². The van der Waals surface area contributed by atoms with Crippen LogP contribution in [0.1, 0.15) is 17.5 Å². The summed E-state index contributed by atoms with van der Waals surface area (Å²) in [5.41, 5.74) is 6.63. The van der Waals surface area contributed by atoms with Crippen molar-refractivity contribution >= 4 is 96.7 Å². The Balaban J connectivity index is 1.31. The van der Waals surface area contributed by atoms with Crippen LogP contribution in [0.25, 0.3) is 12.2 Å². The minimum Gasteiger partial charge on any atom is -0.395 e. The number of hydrogen-bond acceptors (Lipinski definition) is 20. The van der Waals surface area contributed by atoms with Crippen molar-refractivity contribution in [3.8, 4) is 0 Å².